The van der Waals surface area contributed by atoms with Crippen LogP contribution in [0, 0.1) is 0 Å². The third kappa shape index (κ3) is 1.52. The first-order valence-electron chi connectivity index (χ1n) is 4.44. The van der Waals surface area contributed by atoms with Gasteiger partial charge in [0.1, 0.15) is 0 Å². The van der Waals surface area contributed by atoms with Crippen LogP contribution in [-0.4, -0.2) is 6.61 Å². The van der Waals surface area contributed by atoms with Gasteiger partial charge in [-0.15, -0.1) is 0 Å². The van der Waals surface area contributed by atoms with Crippen molar-refractivity contribution in [1.29, 1.82) is 0 Å². The molecule has 0 saturated carbocycles. The van der Waals surface area contributed by atoms with E-state index < -0.39 is 0 Å². The van der Waals surface area contributed by atoms with Gasteiger partial charge in [0.05, 0.1) is 12.9 Å². The lowest BCUT2D eigenvalue weighted by Crippen LogP contribution is -2.08. The van der Waals surface area contributed by atoms with Crippen LogP contribution < -0.4 is 9.47 Å². The van der Waals surface area contributed by atoms with Crippen LogP contribution in [0.15, 0.2) is 31.0 Å². The molecule has 0 aromatic heterocycles. The summed E-state index contributed by atoms with van der Waals surface area (Å²) in [6.07, 6.45) is 3.59. The fourth-order valence-corrected chi connectivity index (χ4v) is 1.54. The molecule has 1 heterocycles. The van der Waals surface area contributed by atoms with Crippen molar-refractivity contribution in [3.8, 4) is 11.5 Å². The number of hydrogen-bond donors (Lipinski definition) is 0. The van der Waals surface area contributed by atoms with Crippen molar-refractivity contribution in [2.75, 3.05) is 6.61 Å². The molecule has 0 bridgehead atoms. The first-order valence-corrected chi connectivity index (χ1v) is 4.44. The zero-order chi connectivity index (χ0) is 9.10. The number of para-hydroxylation sites is 1. The summed E-state index contributed by atoms with van der Waals surface area (Å²) in [5.41, 5.74) is 1.23. The highest BCUT2D eigenvalue weighted by Gasteiger charge is 2.14. The molecule has 0 fully saturated rings. The monoisotopic (exact) mass is 176 g/mol. The molecule has 1 aliphatic heterocycles. The molecule has 0 N–H and O–H groups in total. The highest BCUT2D eigenvalue weighted by molar-refractivity contribution is 5.47. The summed E-state index contributed by atoms with van der Waals surface area (Å²) in [5, 5.41) is 0. The van der Waals surface area contributed by atoms with Gasteiger partial charge in [0.25, 0.3) is 0 Å². The van der Waals surface area contributed by atoms with E-state index in [9.17, 15) is 0 Å². The Kier molecular flexibility index (Phi) is 2.21. The van der Waals surface area contributed by atoms with E-state index in [2.05, 4.69) is 12.6 Å². The molecule has 0 spiro atoms. The minimum atomic E-state index is 0.771. The maximum Gasteiger partial charge on any atom is 0.168 e. The normalized spacial score (nSPS) is 14.2. The molecule has 1 aliphatic rings. The van der Waals surface area contributed by atoms with Crippen molar-refractivity contribution in [3.63, 3.8) is 0 Å². The number of rotatable bonds is 2. The predicted octanol–water partition coefficient (Wildman–Crippen LogP) is 2.53. The second-order valence-corrected chi connectivity index (χ2v) is 2.98. The van der Waals surface area contributed by atoms with E-state index in [-0.39, 0.29) is 0 Å². The molecule has 2 nitrogen and oxygen atoms in total. The van der Waals surface area contributed by atoms with Crippen molar-refractivity contribution < 1.29 is 9.47 Å². The van der Waals surface area contributed by atoms with Crippen LogP contribution in [0.1, 0.15) is 12.0 Å². The molecule has 1 aromatic carbocycles. The molecule has 0 radical (unpaired) electrons. The number of benzene rings is 1. The second-order valence-electron chi connectivity index (χ2n) is 2.98. The summed E-state index contributed by atoms with van der Waals surface area (Å²) in [7, 11) is 0. The molecule has 0 unspecified atom stereocenters. The maximum absolute atomic E-state index is 5.53. The largest absolute Gasteiger partial charge is 0.489 e. The van der Waals surface area contributed by atoms with Gasteiger partial charge in [0, 0.05) is 0 Å². The Morgan fingerprint density at radius 1 is 1.46 bits per heavy atom. The summed E-state index contributed by atoms with van der Waals surface area (Å²) < 4.78 is 10.8. The number of fused-ring (bicyclic) bond motifs is 1. The Hall–Kier alpha value is -1.44. The Balaban J connectivity index is 2.39. The molecule has 2 rings (SSSR count). The molecule has 68 valence electrons. The van der Waals surface area contributed by atoms with Crippen molar-refractivity contribution >= 4 is 0 Å². The molecule has 0 saturated heterocycles. The summed E-state index contributed by atoms with van der Waals surface area (Å²) >= 11 is 0. The summed E-state index contributed by atoms with van der Waals surface area (Å²) in [6.45, 7) is 4.31. The van der Waals surface area contributed by atoms with Gasteiger partial charge in [-0.3, -0.25) is 0 Å². The molecule has 0 amide bonds. The first-order chi connectivity index (χ1) is 6.42. The molecular weight excluding hydrogens is 164 g/mol. The predicted molar refractivity (Wildman–Crippen MR) is 51.1 cm³/mol. The van der Waals surface area contributed by atoms with Crippen molar-refractivity contribution in [1.82, 2.24) is 0 Å². The lowest BCUT2D eigenvalue weighted by Gasteiger charge is -2.19. The van der Waals surface area contributed by atoms with Gasteiger partial charge in [-0.2, -0.15) is 0 Å². The summed E-state index contributed by atoms with van der Waals surface area (Å²) in [4.78, 5) is 0. The van der Waals surface area contributed by atoms with E-state index in [1.54, 1.807) is 0 Å². The molecule has 0 aliphatic carbocycles. The van der Waals surface area contributed by atoms with Crippen LogP contribution in [0.2, 0.25) is 0 Å². The standard InChI is InChI=1S/C11H12O2/c1-2-12-10-7-3-5-9-6-4-8-13-11(9)10/h2-3,5,7H,1,4,6,8H2. The van der Waals surface area contributed by atoms with Crippen LogP contribution in [0.4, 0.5) is 0 Å². The highest BCUT2D eigenvalue weighted by Crippen LogP contribution is 2.34. The zero-order valence-electron chi connectivity index (χ0n) is 7.45. The fourth-order valence-electron chi connectivity index (χ4n) is 1.54. The van der Waals surface area contributed by atoms with E-state index in [0.717, 1.165) is 30.9 Å². The minimum Gasteiger partial charge on any atom is -0.489 e. The zero-order valence-corrected chi connectivity index (χ0v) is 7.45. The lowest BCUT2D eigenvalue weighted by atomic mass is 10.1. The maximum atomic E-state index is 5.53. The first kappa shape index (κ1) is 8.17. The van der Waals surface area contributed by atoms with E-state index in [1.807, 2.05) is 12.1 Å². The van der Waals surface area contributed by atoms with E-state index in [0.29, 0.717) is 0 Å². The highest BCUT2D eigenvalue weighted by atomic mass is 16.5. The van der Waals surface area contributed by atoms with Crippen LogP contribution in [-0.2, 0) is 6.42 Å². The van der Waals surface area contributed by atoms with Crippen molar-refractivity contribution in [3.05, 3.63) is 36.6 Å². The summed E-state index contributed by atoms with van der Waals surface area (Å²) in [5.74, 6) is 1.65. The van der Waals surface area contributed by atoms with Crippen molar-refractivity contribution in [2.24, 2.45) is 0 Å². The van der Waals surface area contributed by atoms with Gasteiger partial charge >= 0.3 is 0 Å². The summed E-state index contributed by atoms with van der Waals surface area (Å²) in [6, 6.07) is 5.95. The van der Waals surface area contributed by atoms with Crippen molar-refractivity contribution in [2.45, 2.75) is 12.8 Å². The van der Waals surface area contributed by atoms with Gasteiger partial charge in [0.2, 0.25) is 0 Å². The Morgan fingerprint density at radius 2 is 2.38 bits per heavy atom. The average Bonchev–Trinajstić information content (AvgIpc) is 2.19. The minimum absolute atomic E-state index is 0.771. The fraction of sp³-hybridized carbons (Fsp3) is 0.273. The second kappa shape index (κ2) is 3.52. The average molecular weight is 176 g/mol. The van der Waals surface area contributed by atoms with Crippen LogP contribution >= 0.6 is 0 Å². The van der Waals surface area contributed by atoms with Gasteiger partial charge in [-0.1, -0.05) is 18.7 Å². The van der Waals surface area contributed by atoms with E-state index in [1.165, 1.54) is 11.8 Å². The third-order valence-corrected chi connectivity index (χ3v) is 2.11. The molecular formula is C11H12O2. The van der Waals surface area contributed by atoms with Gasteiger partial charge in [-0.25, -0.2) is 0 Å². The lowest BCUT2D eigenvalue weighted by molar-refractivity contribution is 0.275. The molecule has 1 aromatic rings. The van der Waals surface area contributed by atoms with Crippen LogP contribution in [0.5, 0.6) is 11.5 Å². The van der Waals surface area contributed by atoms with Gasteiger partial charge < -0.3 is 9.47 Å². The number of hydrogen-bond acceptors (Lipinski definition) is 2. The topological polar surface area (TPSA) is 18.5 Å². The molecule has 2 heteroatoms. The van der Waals surface area contributed by atoms with Crippen LogP contribution in [0.25, 0.3) is 0 Å². The SMILES string of the molecule is C=COc1cccc2c1OCCC2. The van der Waals surface area contributed by atoms with Crippen LogP contribution in [0.3, 0.4) is 0 Å². The van der Waals surface area contributed by atoms with Gasteiger partial charge in [0.15, 0.2) is 11.5 Å². The third-order valence-electron chi connectivity index (χ3n) is 2.11. The smallest absolute Gasteiger partial charge is 0.168 e. The Morgan fingerprint density at radius 3 is 3.23 bits per heavy atom. The quantitative estimate of drug-likeness (QED) is 0.645. The van der Waals surface area contributed by atoms with E-state index >= 15 is 0 Å². The number of ether oxygens (including phenoxy) is 2. The molecule has 0 atom stereocenters. The Bertz CT molecular complexity index is 318. The number of aryl methyl sites for hydroxylation is 1. The Labute approximate surface area is 77.8 Å². The van der Waals surface area contributed by atoms with E-state index in [4.69, 9.17) is 9.47 Å². The molecule has 13 heavy (non-hydrogen) atoms. The van der Waals surface area contributed by atoms with Gasteiger partial charge in [-0.05, 0) is 24.5 Å².